The van der Waals surface area contributed by atoms with E-state index in [4.69, 9.17) is 35.4 Å². The highest BCUT2D eigenvalue weighted by atomic mass is 16.5. The van der Waals surface area contributed by atoms with Crippen LogP contribution >= 0.6 is 0 Å². The number of fused-ring (bicyclic) bond motifs is 2. The summed E-state index contributed by atoms with van der Waals surface area (Å²) in [6.07, 6.45) is 12.8. The number of aliphatic imine (C=N–C) groups is 1. The maximum Gasteiger partial charge on any atom is 0.222 e. The molecule has 0 saturated heterocycles. The van der Waals surface area contributed by atoms with Crippen LogP contribution in [0, 0.1) is 13.8 Å². The first-order valence-electron chi connectivity index (χ1n) is 20.0. The van der Waals surface area contributed by atoms with Crippen molar-refractivity contribution >= 4 is 34.9 Å². The number of rotatable bonds is 11. The summed E-state index contributed by atoms with van der Waals surface area (Å²) in [5.74, 6) is 3.26. The number of carbonyl (C=O) groups is 1. The molecule has 0 spiro atoms. The third-order valence-electron chi connectivity index (χ3n) is 9.24. The molecule has 0 bridgehead atoms. The summed E-state index contributed by atoms with van der Waals surface area (Å²) < 4.78 is 18.6. The zero-order valence-corrected chi connectivity index (χ0v) is 36.3. The molecule has 8 rings (SSSR count). The molecule has 8 heterocycles. The Morgan fingerprint density at radius 3 is 1.67 bits per heavy atom. The van der Waals surface area contributed by atoms with Gasteiger partial charge in [0.2, 0.25) is 11.8 Å². The van der Waals surface area contributed by atoms with Crippen molar-refractivity contribution in [3.63, 3.8) is 0 Å². The number of aromatic nitrogens is 12. The van der Waals surface area contributed by atoms with Gasteiger partial charge < -0.3 is 24.3 Å². The van der Waals surface area contributed by atoms with Crippen LogP contribution in [0.25, 0.3) is 33.5 Å². The fourth-order valence-electron chi connectivity index (χ4n) is 6.50. The first-order chi connectivity index (χ1) is 29.3. The molecular weight excluding hydrogens is 773 g/mol. The Hall–Kier alpha value is -7.30. The van der Waals surface area contributed by atoms with Gasteiger partial charge in [-0.25, -0.2) is 38.9 Å². The maximum atomic E-state index is 9.94. The van der Waals surface area contributed by atoms with Crippen LogP contribution in [0.2, 0.25) is 0 Å². The molecule has 61 heavy (non-hydrogen) atoms. The third kappa shape index (κ3) is 9.78. The van der Waals surface area contributed by atoms with Gasteiger partial charge in [0.15, 0.2) is 6.29 Å². The topological polar surface area (TPSA) is 196 Å². The van der Waals surface area contributed by atoms with Crippen LogP contribution in [0.1, 0.15) is 92.6 Å². The lowest BCUT2D eigenvalue weighted by molar-refractivity contribution is 0.111. The molecule has 0 atom stereocenters. The average molecular weight is 825 g/mol. The SMILES string of the molecule is CCOc1ncccc1-c1cc(N)c2c(C(C)C)nc(C)n2n1.CCOc1ncccc1-c1cc(N=Cc2cn(C)cn2)c2c(C(C)C)nc(C)n2n1.Cn1cnc(C=O)c1. The van der Waals surface area contributed by atoms with Gasteiger partial charge in [0.25, 0.3) is 0 Å². The molecule has 0 fully saturated rings. The number of carbonyl (C=O) groups excluding carboxylic acids is 1. The molecule has 8 aromatic rings. The van der Waals surface area contributed by atoms with Crippen molar-refractivity contribution in [2.75, 3.05) is 18.9 Å². The lowest BCUT2D eigenvalue weighted by Gasteiger charge is -2.11. The molecule has 0 aliphatic rings. The normalized spacial score (nSPS) is 11.3. The number of hydrogen-bond acceptors (Lipinski definition) is 13. The molecule has 0 aliphatic carbocycles. The molecule has 0 aliphatic heterocycles. The summed E-state index contributed by atoms with van der Waals surface area (Å²) in [4.78, 5) is 40.8. The van der Waals surface area contributed by atoms with E-state index in [2.05, 4.69) is 52.6 Å². The molecular formula is C44H52N14O3. The van der Waals surface area contributed by atoms with E-state index in [-0.39, 0.29) is 11.8 Å². The fraction of sp³-hybridized carbons (Fsp3) is 0.318. The first kappa shape index (κ1) is 43.3. The van der Waals surface area contributed by atoms with Crippen LogP contribution in [-0.4, -0.2) is 84.0 Å². The molecule has 0 amide bonds. The van der Waals surface area contributed by atoms with Crippen molar-refractivity contribution in [1.82, 2.24) is 58.3 Å². The Kier molecular flexibility index (Phi) is 13.6. The van der Waals surface area contributed by atoms with Crippen LogP contribution in [-0.2, 0) is 14.1 Å². The zero-order chi connectivity index (χ0) is 43.8. The smallest absolute Gasteiger partial charge is 0.222 e. The maximum absolute atomic E-state index is 9.94. The van der Waals surface area contributed by atoms with Crippen molar-refractivity contribution in [2.45, 2.75) is 67.2 Å². The second kappa shape index (κ2) is 19.2. The number of nitrogens with two attached hydrogens (primary N) is 1. The fourth-order valence-corrected chi connectivity index (χ4v) is 6.50. The summed E-state index contributed by atoms with van der Waals surface area (Å²) in [7, 11) is 3.75. The summed E-state index contributed by atoms with van der Waals surface area (Å²) >= 11 is 0. The van der Waals surface area contributed by atoms with E-state index < -0.39 is 0 Å². The number of hydrogen-bond donors (Lipinski definition) is 1. The van der Waals surface area contributed by atoms with E-state index >= 15 is 0 Å². The first-order valence-corrected chi connectivity index (χ1v) is 20.0. The van der Waals surface area contributed by atoms with Gasteiger partial charge in [-0.15, -0.1) is 0 Å². The average Bonchev–Trinajstić information content (AvgIpc) is 4.04. The van der Waals surface area contributed by atoms with Gasteiger partial charge in [0.1, 0.15) is 28.4 Å². The van der Waals surface area contributed by atoms with E-state index in [1.54, 1.807) is 42.0 Å². The third-order valence-corrected chi connectivity index (χ3v) is 9.24. The second-order valence-corrected chi connectivity index (χ2v) is 14.7. The Bertz CT molecular complexity index is 2790. The summed E-state index contributed by atoms with van der Waals surface area (Å²) in [6.45, 7) is 17.3. The largest absolute Gasteiger partial charge is 0.477 e. The van der Waals surface area contributed by atoms with E-state index in [9.17, 15) is 4.79 Å². The minimum Gasteiger partial charge on any atom is -0.477 e. The molecule has 316 valence electrons. The van der Waals surface area contributed by atoms with Gasteiger partial charge in [-0.2, -0.15) is 10.2 Å². The minimum atomic E-state index is 0.238. The lowest BCUT2D eigenvalue weighted by Crippen LogP contribution is -2.03. The van der Waals surface area contributed by atoms with Gasteiger partial charge in [0.05, 0.1) is 83.1 Å². The highest BCUT2D eigenvalue weighted by Gasteiger charge is 2.21. The van der Waals surface area contributed by atoms with E-state index in [0.717, 1.165) is 74.3 Å². The van der Waals surface area contributed by atoms with Crippen LogP contribution in [0.5, 0.6) is 11.8 Å². The number of nitrogen functional groups attached to an aromatic ring is 1. The number of nitrogens with zero attached hydrogens (tertiary/aromatic N) is 13. The molecule has 17 heteroatoms. The standard InChI is InChI=1S/C22H25N7O.C17H21N5O.C5H6N2O/c1-6-30-22-17(8-7-9-23-22)18-10-19(24-11-16-12-28(5)13-25-16)21-20(14(2)3)26-15(4)29(21)27-18;1-5-23-17-12(7-6-8-19-17)14-9-13(18)16-15(10(2)3)20-11(4)22(16)21-14;1-7-2-5(3-8)6-4-7/h7-14H,6H2,1-5H3;6-10H,5,18H2,1-4H3;2-4H,1H3. The number of aldehydes is 1. The highest BCUT2D eigenvalue weighted by molar-refractivity contribution is 5.86. The predicted octanol–water partition coefficient (Wildman–Crippen LogP) is 7.54. The predicted molar refractivity (Wildman–Crippen MR) is 236 cm³/mol. The van der Waals surface area contributed by atoms with E-state index in [0.29, 0.717) is 36.4 Å². The quantitative estimate of drug-likeness (QED) is 0.0995. The monoisotopic (exact) mass is 824 g/mol. The number of imidazole rings is 4. The van der Waals surface area contributed by atoms with Crippen molar-refractivity contribution in [1.29, 1.82) is 0 Å². The van der Waals surface area contributed by atoms with Crippen LogP contribution in [0.4, 0.5) is 11.4 Å². The molecule has 0 aromatic carbocycles. The summed E-state index contributed by atoms with van der Waals surface area (Å²) in [5, 5.41) is 9.56. The molecule has 0 unspecified atom stereocenters. The van der Waals surface area contributed by atoms with Crippen molar-refractivity contribution in [3.05, 3.63) is 108 Å². The zero-order valence-electron chi connectivity index (χ0n) is 36.3. The van der Waals surface area contributed by atoms with Crippen molar-refractivity contribution < 1.29 is 14.3 Å². The van der Waals surface area contributed by atoms with Crippen LogP contribution in [0.3, 0.4) is 0 Å². The molecule has 0 radical (unpaired) electrons. The van der Waals surface area contributed by atoms with Gasteiger partial charge >= 0.3 is 0 Å². The Morgan fingerprint density at radius 1 is 0.721 bits per heavy atom. The summed E-state index contributed by atoms with van der Waals surface area (Å²) in [6, 6.07) is 11.4. The molecule has 8 aromatic heterocycles. The lowest BCUT2D eigenvalue weighted by atomic mass is 10.1. The number of ether oxygens (including phenoxy) is 2. The second-order valence-electron chi connectivity index (χ2n) is 14.7. The number of pyridine rings is 2. The molecule has 2 N–H and O–H groups in total. The number of anilines is 1. The Labute approximate surface area is 354 Å². The van der Waals surface area contributed by atoms with Gasteiger partial charge in [0, 0.05) is 38.9 Å². The Morgan fingerprint density at radius 2 is 1.21 bits per heavy atom. The van der Waals surface area contributed by atoms with Crippen molar-refractivity contribution in [3.8, 4) is 34.3 Å². The van der Waals surface area contributed by atoms with Crippen LogP contribution < -0.4 is 15.2 Å². The van der Waals surface area contributed by atoms with Gasteiger partial charge in [-0.1, -0.05) is 27.7 Å². The number of aryl methyl sites for hydroxylation is 4. The van der Waals surface area contributed by atoms with E-state index in [1.165, 1.54) is 0 Å². The van der Waals surface area contributed by atoms with Crippen LogP contribution in [0.15, 0.2) is 78.8 Å². The Balaban J connectivity index is 0.000000177. The molecule has 0 saturated carbocycles. The van der Waals surface area contributed by atoms with Gasteiger partial charge in [-0.3, -0.25) is 9.79 Å². The van der Waals surface area contributed by atoms with Crippen molar-refractivity contribution in [2.24, 2.45) is 19.1 Å². The summed E-state index contributed by atoms with van der Waals surface area (Å²) in [5.41, 5.74) is 15.8. The molecule has 17 nitrogen and oxygen atoms in total. The minimum absolute atomic E-state index is 0.238. The van der Waals surface area contributed by atoms with E-state index in [1.807, 2.05) is 98.0 Å². The van der Waals surface area contributed by atoms with Gasteiger partial charge in [-0.05, 0) is 75.9 Å². The highest BCUT2D eigenvalue weighted by Crippen LogP contribution is 2.35.